The van der Waals surface area contributed by atoms with Crippen LogP contribution in [-0.4, -0.2) is 15.7 Å². The van der Waals surface area contributed by atoms with Gasteiger partial charge in [0.25, 0.3) is 0 Å². The third-order valence-corrected chi connectivity index (χ3v) is 3.82. The van der Waals surface area contributed by atoms with Crippen molar-refractivity contribution in [2.45, 2.75) is 6.92 Å². The molecule has 0 radical (unpaired) electrons. The smallest absolute Gasteiger partial charge is 0.348 e. The van der Waals surface area contributed by atoms with Crippen molar-refractivity contribution in [3.63, 3.8) is 0 Å². The molecule has 2 aromatic carbocycles. The van der Waals surface area contributed by atoms with Crippen LogP contribution in [0.3, 0.4) is 0 Å². The van der Waals surface area contributed by atoms with Crippen LogP contribution in [0.5, 0.6) is 5.75 Å². The minimum atomic E-state index is -0.666. The van der Waals surface area contributed by atoms with Gasteiger partial charge in [0.2, 0.25) is 0 Å². The van der Waals surface area contributed by atoms with Crippen molar-refractivity contribution < 1.29 is 13.9 Å². The van der Waals surface area contributed by atoms with E-state index in [4.69, 9.17) is 21.6 Å². The number of aromatic nitrogens is 2. The number of aryl methyl sites for hydroxylation is 1. The molecular formula is C18H11ClFN3O2. The summed E-state index contributed by atoms with van der Waals surface area (Å²) in [6, 6.07) is 13.7. The van der Waals surface area contributed by atoms with Gasteiger partial charge in [-0.15, -0.1) is 0 Å². The SMILES string of the molecule is Cc1nn(-c2ccc(F)cc2)c(Cl)c1C(=O)Oc1ccc(C#N)cc1. The summed E-state index contributed by atoms with van der Waals surface area (Å²) in [5, 5.41) is 13.1. The van der Waals surface area contributed by atoms with Crippen molar-refractivity contribution >= 4 is 17.6 Å². The zero-order valence-electron chi connectivity index (χ0n) is 13.0. The van der Waals surface area contributed by atoms with Gasteiger partial charge in [0.05, 0.1) is 23.0 Å². The van der Waals surface area contributed by atoms with Gasteiger partial charge in [-0.1, -0.05) is 11.6 Å². The van der Waals surface area contributed by atoms with Crippen LogP contribution in [0, 0.1) is 24.1 Å². The topological polar surface area (TPSA) is 67.9 Å². The lowest BCUT2D eigenvalue weighted by molar-refractivity contribution is 0.0734. The third kappa shape index (κ3) is 3.37. The van der Waals surface area contributed by atoms with E-state index in [1.807, 2.05) is 6.07 Å². The molecule has 1 heterocycles. The first kappa shape index (κ1) is 16.7. The number of rotatable bonds is 3. The molecule has 1 aromatic heterocycles. The van der Waals surface area contributed by atoms with Gasteiger partial charge in [0.1, 0.15) is 22.3 Å². The Morgan fingerprint density at radius 2 is 1.84 bits per heavy atom. The number of esters is 1. The summed E-state index contributed by atoms with van der Waals surface area (Å²) in [5.41, 5.74) is 1.48. The number of benzene rings is 2. The lowest BCUT2D eigenvalue weighted by atomic mass is 10.2. The minimum absolute atomic E-state index is 0.0720. The highest BCUT2D eigenvalue weighted by atomic mass is 35.5. The van der Waals surface area contributed by atoms with Crippen molar-refractivity contribution in [1.82, 2.24) is 9.78 Å². The van der Waals surface area contributed by atoms with Crippen LogP contribution in [-0.2, 0) is 0 Å². The first-order chi connectivity index (χ1) is 12.0. The zero-order valence-corrected chi connectivity index (χ0v) is 13.8. The van der Waals surface area contributed by atoms with Crippen molar-refractivity contribution in [3.8, 4) is 17.5 Å². The van der Waals surface area contributed by atoms with Crippen molar-refractivity contribution in [3.05, 3.63) is 76.3 Å². The maximum atomic E-state index is 13.1. The van der Waals surface area contributed by atoms with Crippen molar-refractivity contribution in [2.24, 2.45) is 0 Å². The molecule has 5 nitrogen and oxygen atoms in total. The molecule has 0 unspecified atom stereocenters. The second-order valence-corrected chi connectivity index (χ2v) is 5.52. The van der Waals surface area contributed by atoms with E-state index >= 15 is 0 Å². The average molecular weight is 356 g/mol. The van der Waals surface area contributed by atoms with Crippen LogP contribution in [0.1, 0.15) is 21.6 Å². The number of carbonyl (C=O) groups is 1. The van der Waals surface area contributed by atoms with E-state index in [1.54, 1.807) is 19.1 Å². The predicted octanol–water partition coefficient (Wildman–Crippen LogP) is 4.06. The molecule has 3 aromatic rings. The van der Waals surface area contributed by atoms with Crippen LogP contribution in [0.4, 0.5) is 4.39 Å². The van der Waals surface area contributed by atoms with Crippen molar-refractivity contribution in [2.75, 3.05) is 0 Å². The Balaban J connectivity index is 1.90. The fourth-order valence-electron chi connectivity index (χ4n) is 2.24. The monoisotopic (exact) mass is 355 g/mol. The van der Waals surface area contributed by atoms with Gasteiger partial charge in [-0.05, 0) is 55.5 Å². The lowest BCUT2D eigenvalue weighted by Gasteiger charge is -2.05. The first-order valence-electron chi connectivity index (χ1n) is 7.23. The van der Waals surface area contributed by atoms with Crippen LogP contribution in [0.25, 0.3) is 5.69 Å². The quantitative estimate of drug-likeness (QED) is 0.524. The third-order valence-electron chi connectivity index (χ3n) is 3.47. The highest BCUT2D eigenvalue weighted by Crippen LogP contribution is 2.25. The Morgan fingerprint density at radius 1 is 1.20 bits per heavy atom. The molecule has 0 aliphatic carbocycles. The summed E-state index contributed by atoms with van der Waals surface area (Å²) in [4.78, 5) is 12.4. The van der Waals surface area contributed by atoms with E-state index in [0.717, 1.165) is 0 Å². The maximum Gasteiger partial charge on any atom is 0.348 e. The van der Waals surface area contributed by atoms with Gasteiger partial charge in [-0.25, -0.2) is 13.9 Å². The number of hydrogen-bond donors (Lipinski definition) is 0. The highest BCUT2D eigenvalue weighted by Gasteiger charge is 2.23. The summed E-state index contributed by atoms with van der Waals surface area (Å²) in [6.07, 6.45) is 0. The summed E-state index contributed by atoms with van der Waals surface area (Å²) in [6.45, 7) is 1.63. The maximum absolute atomic E-state index is 13.1. The molecule has 0 atom stereocenters. The molecule has 25 heavy (non-hydrogen) atoms. The fourth-order valence-corrected chi connectivity index (χ4v) is 2.59. The number of halogens is 2. The number of nitriles is 1. The van der Waals surface area contributed by atoms with E-state index in [1.165, 1.54) is 41.1 Å². The molecule has 3 rings (SSSR count). The van der Waals surface area contributed by atoms with Gasteiger partial charge in [-0.3, -0.25) is 0 Å². The van der Waals surface area contributed by atoms with Gasteiger partial charge in [-0.2, -0.15) is 10.4 Å². The van der Waals surface area contributed by atoms with Crippen LogP contribution in [0.15, 0.2) is 48.5 Å². The van der Waals surface area contributed by atoms with Crippen molar-refractivity contribution in [1.29, 1.82) is 5.26 Å². The summed E-state index contributed by atoms with van der Waals surface area (Å²) < 4.78 is 19.7. The highest BCUT2D eigenvalue weighted by molar-refractivity contribution is 6.33. The predicted molar refractivity (Wildman–Crippen MR) is 89.4 cm³/mol. The second kappa shape index (κ2) is 6.75. The fraction of sp³-hybridized carbons (Fsp3) is 0.0556. The van der Waals surface area contributed by atoms with E-state index in [0.29, 0.717) is 16.9 Å². The Bertz CT molecular complexity index is 973. The Hall–Kier alpha value is -3.17. The molecule has 0 amide bonds. The van der Waals surface area contributed by atoms with Crippen LogP contribution >= 0.6 is 11.6 Å². The Kier molecular flexibility index (Phi) is 4.50. The molecule has 0 N–H and O–H groups in total. The average Bonchev–Trinajstić information content (AvgIpc) is 2.91. The van der Waals surface area contributed by atoms with Gasteiger partial charge >= 0.3 is 5.97 Å². The molecular weight excluding hydrogens is 345 g/mol. The van der Waals surface area contributed by atoms with E-state index in [9.17, 15) is 9.18 Å². The first-order valence-corrected chi connectivity index (χ1v) is 7.61. The molecule has 0 spiro atoms. The molecule has 0 saturated carbocycles. The lowest BCUT2D eigenvalue weighted by Crippen LogP contribution is -2.10. The van der Waals surface area contributed by atoms with E-state index in [-0.39, 0.29) is 22.3 Å². The van der Waals surface area contributed by atoms with Crippen LogP contribution < -0.4 is 4.74 Å². The number of ether oxygens (including phenoxy) is 1. The molecule has 0 aliphatic rings. The standard InChI is InChI=1S/C18H11ClFN3O2/c1-11-16(18(24)25-15-8-2-12(10-21)3-9-15)17(19)23(22-11)14-6-4-13(20)5-7-14/h2-9H,1H3. The summed E-state index contributed by atoms with van der Waals surface area (Å²) in [7, 11) is 0. The zero-order chi connectivity index (χ0) is 18.0. The molecule has 0 aliphatic heterocycles. The van der Waals surface area contributed by atoms with Gasteiger partial charge in [0, 0.05) is 0 Å². The Labute approximate surface area is 147 Å². The number of nitrogens with zero attached hydrogens (tertiary/aromatic N) is 3. The Morgan fingerprint density at radius 3 is 2.44 bits per heavy atom. The number of carbonyl (C=O) groups excluding carboxylic acids is 1. The number of hydrogen-bond acceptors (Lipinski definition) is 4. The minimum Gasteiger partial charge on any atom is -0.423 e. The summed E-state index contributed by atoms with van der Waals surface area (Å²) >= 11 is 6.28. The van der Waals surface area contributed by atoms with Crippen LogP contribution in [0.2, 0.25) is 5.15 Å². The van der Waals surface area contributed by atoms with Gasteiger partial charge < -0.3 is 4.74 Å². The second-order valence-electron chi connectivity index (χ2n) is 5.17. The van der Waals surface area contributed by atoms with Gasteiger partial charge in [0.15, 0.2) is 0 Å². The molecule has 7 heteroatoms. The normalized spacial score (nSPS) is 10.3. The molecule has 0 bridgehead atoms. The molecule has 124 valence electrons. The summed E-state index contributed by atoms with van der Waals surface area (Å²) in [5.74, 6) is -0.765. The van der Waals surface area contributed by atoms with E-state index in [2.05, 4.69) is 5.10 Å². The van der Waals surface area contributed by atoms with E-state index < -0.39 is 5.97 Å². The molecule has 0 fully saturated rings. The largest absolute Gasteiger partial charge is 0.423 e. The molecule has 0 saturated heterocycles.